The van der Waals surface area contributed by atoms with Crippen LogP contribution in [0.2, 0.25) is 0 Å². The van der Waals surface area contributed by atoms with E-state index in [9.17, 15) is 14.4 Å². The number of anilines is 1. The van der Waals surface area contributed by atoms with Gasteiger partial charge in [0, 0.05) is 25.3 Å². The van der Waals surface area contributed by atoms with Crippen molar-refractivity contribution in [2.75, 3.05) is 31.6 Å². The van der Waals surface area contributed by atoms with Crippen molar-refractivity contribution in [2.45, 2.75) is 6.92 Å². The predicted molar refractivity (Wildman–Crippen MR) is 79.7 cm³/mol. The molecular formula is C14H19N3O5. The number of carbonyl (C=O) groups is 3. The van der Waals surface area contributed by atoms with Crippen LogP contribution in [0.4, 0.5) is 5.69 Å². The Balaban J connectivity index is 2.55. The number of benzene rings is 1. The van der Waals surface area contributed by atoms with E-state index in [0.717, 1.165) is 0 Å². The number of nitrogens with one attached hydrogen (secondary N) is 3. The van der Waals surface area contributed by atoms with Gasteiger partial charge in [-0.05, 0) is 24.6 Å². The maximum Gasteiger partial charge on any atom is 0.335 e. The third-order valence-corrected chi connectivity index (χ3v) is 2.81. The number of amides is 2. The van der Waals surface area contributed by atoms with Crippen LogP contribution in [0.1, 0.15) is 15.9 Å². The van der Waals surface area contributed by atoms with Crippen molar-refractivity contribution in [3.8, 4) is 0 Å². The number of carboxylic acids is 1. The highest BCUT2D eigenvalue weighted by molar-refractivity contribution is 6.39. The zero-order valence-corrected chi connectivity index (χ0v) is 12.2. The fourth-order valence-electron chi connectivity index (χ4n) is 1.62. The van der Waals surface area contributed by atoms with Gasteiger partial charge in [0.05, 0.1) is 12.2 Å². The molecule has 1 rings (SSSR count). The summed E-state index contributed by atoms with van der Waals surface area (Å²) in [7, 11) is 0. The molecule has 0 saturated carbocycles. The zero-order valence-electron chi connectivity index (χ0n) is 12.2. The van der Waals surface area contributed by atoms with Crippen molar-refractivity contribution in [3.05, 3.63) is 29.3 Å². The Hall–Kier alpha value is -2.45. The Kier molecular flexibility index (Phi) is 7.00. The van der Waals surface area contributed by atoms with Crippen LogP contribution in [0.25, 0.3) is 0 Å². The molecular weight excluding hydrogens is 290 g/mol. The van der Waals surface area contributed by atoms with Crippen molar-refractivity contribution in [1.29, 1.82) is 0 Å². The van der Waals surface area contributed by atoms with Gasteiger partial charge in [0.25, 0.3) is 0 Å². The number of carboxylic acid groups (broad SMARTS) is 1. The summed E-state index contributed by atoms with van der Waals surface area (Å²) in [4.78, 5) is 34.2. The van der Waals surface area contributed by atoms with E-state index in [4.69, 9.17) is 10.2 Å². The molecule has 1 aromatic carbocycles. The molecule has 0 bridgehead atoms. The van der Waals surface area contributed by atoms with Crippen LogP contribution >= 0.6 is 0 Å². The highest BCUT2D eigenvalue weighted by Crippen LogP contribution is 2.16. The molecule has 5 N–H and O–H groups in total. The van der Waals surface area contributed by atoms with Crippen LogP contribution in [0.15, 0.2) is 18.2 Å². The number of hydrogen-bond donors (Lipinski definition) is 5. The Morgan fingerprint density at radius 3 is 2.45 bits per heavy atom. The third kappa shape index (κ3) is 5.51. The number of aromatic carboxylic acids is 1. The molecule has 0 aliphatic heterocycles. The van der Waals surface area contributed by atoms with Gasteiger partial charge < -0.3 is 26.2 Å². The van der Waals surface area contributed by atoms with Gasteiger partial charge in [0.1, 0.15) is 0 Å². The monoisotopic (exact) mass is 309 g/mol. The Morgan fingerprint density at radius 1 is 1.09 bits per heavy atom. The van der Waals surface area contributed by atoms with Crippen LogP contribution in [0.3, 0.4) is 0 Å². The lowest BCUT2D eigenvalue weighted by atomic mass is 10.1. The maximum atomic E-state index is 11.7. The molecule has 22 heavy (non-hydrogen) atoms. The predicted octanol–water partition coefficient (Wildman–Crippen LogP) is -0.670. The van der Waals surface area contributed by atoms with Gasteiger partial charge in [-0.2, -0.15) is 0 Å². The second-order valence-corrected chi connectivity index (χ2v) is 4.52. The topological polar surface area (TPSA) is 128 Å². The Morgan fingerprint density at radius 2 is 1.82 bits per heavy atom. The average molecular weight is 309 g/mol. The summed E-state index contributed by atoms with van der Waals surface area (Å²) in [6, 6.07) is 4.27. The number of aryl methyl sites for hydroxylation is 1. The lowest BCUT2D eigenvalue weighted by Gasteiger charge is -2.10. The fraction of sp³-hybridized carbons (Fsp3) is 0.357. The summed E-state index contributed by atoms with van der Waals surface area (Å²) >= 11 is 0. The largest absolute Gasteiger partial charge is 0.478 e. The van der Waals surface area contributed by atoms with Crippen molar-refractivity contribution >= 4 is 23.5 Å². The van der Waals surface area contributed by atoms with Gasteiger partial charge >= 0.3 is 17.8 Å². The third-order valence-electron chi connectivity index (χ3n) is 2.81. The van der Waals surface area contributed by atoms with Crippen molar-refractivity contribution < 1.29 is 24.6 Å². The van der Waals surface area contributed by atoms with Crippen LogP contribution in [0, 0.1) is 6.92 Å². The van der Waals surface area contributed by atoms with E-state index in [2.05, 4.69) is 16.0 Å². The van der Waals surface area contributed by atoms with Gasteiger partial charge in [0.2, 0.25) is 0 Å². The van der Waals surface area contributed by atoms with Crippen LogP contribution in [-0.4, -0.2) is 54.2 Å². The van der Waals surface area contributed by atoms with Crippen molar-refractivity contribution in [2.24, 2.45) is 0 Å². The molecule has 0 spiro atoms. The van der Waals surface area contributed by atoms with E-state index in [0.29, 0.717) is 18.7 Å². The quantitative estimate of drug-likeness (QED) is 0.336. The van der Waals surface area contributed by atoms with E-state index in [-0.39, 0.29) is 24.4 Å². The first-order chi connectivity index (χ1) is 10.5. The van der Waals surface area contributed by atoms with Crippen LogP contribution in [0.5, 0.6) is 0 Å². The molecule has 0 fully saturated rings. The van der Waals surface area contributed by atoms with Gasteiger partial charge in [-0.3, -0.25) is 9.59 Å². The van der Waals surface area contributed by atoms with Crippen molar-refractivity contribution in [3.63, 3.8) is 0 Å². The summed E-state index contributed by atoms with van der Waals surface area (Å²) < 4.78 is 0. The molecule has 8 heteroatoms. The number of hydrogen-bond acceptors (Lipinski definition) is 5. The molecule has 0 radical (unpaired) electrons. The minimum Gasteiger partial charge on any atom is -0.478 e. The van der Waals surface area contributed by atoms with Gasteiger partial charge in [-0.15, -0.1) is 0 Å². The number of aliphatic hydroxyl groups excluding tert-OH is 1. The van der Waals surface area contributed by atoms with E-state index < -0.39 is 17.8 Å². The Labute approximate surface area is 127 Å². The highest BCUT2D eigenvalue weighted by atomic mass is 16.4. The van der Waals surface area contributed by atoms with Crippen molar-refractivity contribution in [1.82, 2.24) is 10.6 Å². The number of aliphatic hydroxyl groups is 1. The van der Waals surface area contributed by atoms with E-state index in [1.807, 2.05) is 0 Å². The zero-order chi connectivity index (χ0) is 16.5. The second-order valence-electron chi connectivity index (χ2n) is 4.52. The van der Waals surface area contributed by atoms with Gasteiger partial charge in [-0.1, -0.05) is 6.07 Å². The summed E-state index contributed by atoms with van der Waals surface area (Å²) in [5, 5.41) is 25.1. The second kappa shape index (κ2) is 8.75. The molecule has 2 amide bonds. The molecule has 0 aliphatic rings. The van der Waals surface area contributed by atoms with E-state index in [1.54, 1.807) is 13.0 Å². The number of carbonyl (C=O) groups excluding carboxylic acids is 2. The summed E-state index contributed by atoms with van der Waals surface area (Å²) in [5.41, 5.74) is 0.948. The molecule has 0 unspecified atom stereocenters. The first-order valence-electron chi connectivity index (χ1n) is 6.70. The first-order valence-corrected chi connectivity index (χ1v) is 6.70. The maximum absolute atomic E-state index is 11.7. The molecule has 120 valence electrons. The van der Waals surface area contributed by atoms with Gasteiger partial charge in [-0.25, -0.2) is 4.79 Å². The van der Waals surface area contributed by atoms with E-state index >= 15 is 0 Å². The first kappa shape index (κ1) is 17.6. The minimum atomic E-state index is -1.12. The Bertz CT molecular complexity index is 559. The van der Waals surface area contributed by atoms with Crippen LogP contribution < -0.4 is 16.0 Å². The summed E-state index contributed by atoms with van der Waals surface area (Å²) in [6.45, 7) is 2.75. The molecule has 0 atom stereocenters. The smallest absolute Gasteiger partial charge is 0.335 e. The SMILES string of the molecule is Cc1ccc(C(=O)O)cc1NC(=O)C(=O)NCCNCCO. The molecule has 0 aromatic heterocycles. The fourth-order valence-corrected chi connectivity index (χ4v) is 1.62. The molecule has 1 aromatic rings. The standard InChI is InChI=1S/C14H19N3O5/c1-9-2-3-10(14(21)22)8-11(9)17-13(20)12(19)16-5-4-15-6-7-18/h2-3,8,15,18H,4-7H2,1H3,(H,16,19)(H,17,20)(H,21,22). The molecule has 8 nitrogen and oxygen atoms in total. The average Bonchev–Trinajstić information content (AvgIpc) is 2.48. The highest BCUT2D eigenvalue weighted by Gasteiger charge is 2.15. The normalized spacial score (nSPS) is 10.1. The molecule has 0 heterocycles. The molecule has 0 saturated heterocycles. The lowest BCUT2D eigenvalue weighted by molar-refractivity contribution is -0.136. The van der Waals surface area contributed by atoms with Gasteiger partial charge in [0.15, 0.2) is 0 Å². The van der Waals surface area contributed by atoms with Crippen LogP contribution in [-0.2, 0) is 9.59 Å². The minimum absolute atomic E-state index is 0.00632. The molecule has 0 aliphatic carbocycles. The summed E-state index contributed by atoms with van der Waals surface area (Å²) in [6.07, 6.45) is 0. The lowest BCUT2D eigenvalue weighted by Crippen LogP contribution is -2.39. The van der Waals surface area contributed by atoms with E-state index in [1.165, 1.54) is 12.1 Å². The summed E-state index contributed by atoms with van der Waals surface area (Å²) in [5.74, 6) is -2.80. The number of rotatable bonds is 7.